The molecule has 0 heterocycles. The van der Waals surface area contributed by atoms with E-state index in [0.29, 0.717) is 5.69 Å². The first kappa shape index (κ1) is 13.1. The van der Waals surface area contributed by atoms with Gasteiger partial charge in [-0.2, -0.15) is 0 Å². The summed E-state index contributed by atoms with van der Waals surface area (Å²) in [5.74, 6) is -1.50. The summed E-state index contributed by atoms with van der Waals surface area (Å²) in [4.78, 5) is 11.3. The summed E-state index contributed by atoms with van der Waals surface area (Å²) in [6.07, 6.45) is -4.86. The van der Waals surface area contributed by atoms with Crippen LogP contribution in [-0.2, 0) is 4.74 Å². The molecular weight excluding hydrogens is 239 g/mol. The Morgan fingerprint density at radius 3 is 2.47 bits per heavy atom. The maximum Gasteiger partial charge on any atom is 0.573 e. The van der Waals surface area contributed by atoms with Gasteiger partial charge in [0.05, 0.1) is 7.11 Å². The average molecular weight is 249 g/mol. The Balaban J connectivity index is 3.15. The highest BCUT2D eigenvalue weighted by Gasteiger charge is 2.33. The van der Waals surface area contributed by atoms with Gasteiger partial charge < -0.3 is 14.8 Å². The van der Waals surface area contributed by atoms with Crippen LogP contribution in [0.15, 0.2) is 18.2 Å². The average Bonchev–Trinajstić information content (AvgIpc) is 2.26. The fourth-order valence-electron chi connectivity index (χ4n) is 1.17. The van der Waals surface area contributed by atoms with E-state index in [4.69, 9.17) is 0 Å². The van der Waals surface area contributed by atoms with Gasteiger partial charge in [0.25, 0.3) is 0 Å². The maximum atomic E-state index is 12.1. The van der Waals surface area contributed by atoms with Crippen molar-refractivity contribution >= 4 is 11.7 Å². The minimum Gasteiger partial charge on any atom is -0.465 e. The lowest BCUT2D eigenvalue weighted by atomic mass is 10.2. The number of carbonyl (C=O) groups excluding carboxylic acids is 1. The van der Waals surface area contributed by atoms with Gasteiger partial charge >= 0.3 is 12.3 Å². The molecule has 0 radical (unpaired) electrons. The van der Waals surface area contributed by atoms with Gasteiger partial charge in [-0.3, -0.25) is 0 Å². The van der Waals surface area contributed by atoms with E-state index < -0.39 is 18.1 Å². The molecule has 0 saturated carbocycles. The van der Waals surface area contributed by atoms with Crippen LogP contribution in [0.4, 0.5) is 18.9 Å². The zero-order valence-electron chi connectivity index (χ0n) is 9.09. The van der Waals surface area contributed by atoms with E-state index in [1.54, 1.807) is 7.05 Å². The quantitative estimate of drug-likeness (QED) is 0.836. The monoisotopic (exact) mass is 249 g/mol. The number of ether oxygens (including phenoxy) is 2. The second-order valence-corrected chi connectivity index (χ2v) is 3.00. The highest BCUT2D eigenvalue weighted by atomic mass is 19.4. The van der Waals surface area contributed by atoms with Crippen LogP contribution < -0.4 is 10.1 Å². The van der Waals surface area contributed by atoms with Crippen LogP contribution in [0.25, 0.3) is 0 Å². The Bertz CT molecular complexity index is 418. The van der Waals surface area contributed by atoms with Gasteiger partial charge in [0, 0.05) is 12.7 Å². The zero-order valence-corrected chi connectivity index (χ0v) is 9.09. The molecule has 94 valence electrons. The lowest BCUT2D eigenvalue weighted by molar-refractivity contribution is -0.274. The molecule has 1 aromatic rings. The SMILES string of the molecule is CNc1ccc(OC(F)(F)F)c(C(=O)OC)c1. The number of anilines is 1. The van der Waals surface area contributed by atoms with Crippen LogP contribution in [0.1, 0.15) is 10.4 Å². The fraction of sp³-hybridized carbons (Fsp3) is 0.300. The molecule has 7 heteroatoms. The van der Waals surface area contributed by atoms with E-state index in [2.05, 4.69) is 14.8 Å². The summed E-state index contributed by atoms with van der Waals surface area (Å²) in [6.45, 7) is 0. The molecule has 0 aromatic heterocycles. The summed E-state index contributed by atoms with van der Waals surface area (Å²) in [5, 5.41) is 2.69. The smallest absolute Gasteiger partial charge is 0.465 e. The summed E-state index contributed by atoms with van der Waals surface area (Å²) < 4.78 is 44.3. The van der Waals surface area contributed by atoms with E-state index in [0.717, 1.165) is 13.2 Å². The number of carbonyl (C=O) groups is 1. The highest BCUT2D eigenvalue weighted by molar-refractivity contribution is 5.93. The van der Waals surface area contributed by atoms with Crippen molar-refractivity contribution in [2.75, 3.05) is 19.5 Å². The maximum absolute atomic E-state index is 12.1. The highest BCUT2D eigenvalue weighted by Crippen LogP contribution is 2.29. The molecule has 4 nitrogen and oxygen atoms in total. The van der Waals surface area contributed by atoms with E-state index in [9.17, 15) is 18.0 Å². The van der Waals surface area contributed by atoms with Crippen molar-refractivity contribution in [3.8, 4) is 5.75 Å². The van der Waals surface area contributed by atoms with Crippen LogP contribution in [0.5, 0.6) is 5.75 Å². The predicted octanol–water partition coefficient (Wildman–Crippen LogP) is 2.41. The van der Waals surface area contributed by atoms with Crippen molar-refractivity contribution < 1.29 is 27.4 Å². The normalized spacial score (nSPS) is 10.9. The fourth-order valence-corrected chi connectivity index (χ4v) is 1.17. The molecule has 0 atom stereocenters. The molecule has 1 aromatic carbocycles. The minimum atomic E-state index is -4.86. The molecule has 17 heavy (non-hydrogen) atoms. The molecular formula is C10H10F3NO3. The third-order valence-electron chi connectivity index (χ3n) is 1.90. The van der Waals surface area contributed by atoms with Gasteiger partial charge in [-0.15, -0.1) is 13.2 Å². The molecule has 0 bridgehead atoms. The molecule has 0 amide bonds. The van der Waals surface area contributed by atoms with Crippen molar-refractivity contribution in [2.45, 2.75) is 6.36 Å². The minimum absolute atomic E-state index is 0.295. The van der Waals surface area contributed by atoms with Crippen molar-refractivity contribution in [3.63, 3.8) is 0 Å². The third-order valence-corrected chi connectivity index (χ3v) is 1.90. The largest absolute Gasteiger partial charge is 0.573 e. The number of methoxy groups -OCH3 is 1. The van der Waals surface area contributed by atoms with Gasteiger partial charge in [-0.25, -0.2) is 4.79 Å². The number of hydrogen-bond donors (Lipinski definition) is 1. The molecule has 1 rings (SSSR count). The Hall–Kier alpha value is -1.92. The van der Waals surface area contributed by atoms with E-state index in [1.807, 2.05) is 0 Å². The van der Waals surface area contributed by atoms with E-state index in [-0.39, 0.29) is 5.56 Å². The van der Waals surface area contributed by atoms with Gasteiger partial charge in [-0.1, -0.05) is 0 Å². The second-order valence-electron chi connectivity index (χ2n) is 3.00. The van der Waals surface area contributed by atoms with Gasteiger partial charge in [0.15, 0.2) is 0 Å². The number of halogens is 3. The molecule has 0 saturated heterocycles. The van der Waals surface area contributed by atoms with Crippen LogP contribution in [0.3, 0.4) is 0 Å². The summed E-state index contributed by atoms with van der Waals surface area (Å²) in [6, 6.07) is 3.62. The number of benzene rings is 1. The molecule has 0 aliphatic heterocycles. The molecule has 0 aliphatic carbocycles. The molecule has 0 unspecified atom stereocenters. The number of nitrogens with one attached hydrogen (secondary N) is 1. The number of esters is 1. The second kappa shape index (κ2) is 4.94. The molecule has 0 spiro atoms. The number of rotatable bonds is 3. The van der Waals surface area contributed by atoms with E-state index >= 15 is 0 Å². The lowest BCUT2D eigenvalue weighted by Gasteiger charge is -2.13. The standard InChI is InChI=1S/C10H10F3NO3/c1-14-6-3-4-8(17-10(11,12)13)7(5-6)9(15)16-2/h3-5,14H,1-2H3. The number of hydrogen-bond acceptors (Lipinski definition) is 4. The molecule has 1 N–H and O–H groups in total. The molecule has 0 fully saturated rings. The molecule has 0 aliphatic rings. The van der Waals surface area contributed by atoms with Crippen molar-refractivity contribution in [1.29, 1.82) is 0 Å². The lowest BCUT2D eigenvalue weighted by Crippen LogP contribution is -2.19. The van der Waals surface area contributed by atoms with Crippen molar-refractivity contribution in [3.05, 3.63) is 23.8 Å². The topological polar surface area (TPSA) is 47.6 Å². The van der Waals surface area contributed by atoms with E-state index in [1.165, 1.54) is 12.1 Å². The van der Waals surface area contributed by atoms with Crippen LogP contribution in [0, 0.1) is 0 Å². The van der Waals surface area contributed by atoms with Crippen LogP contribution in [-0.4, -0.2) is 26.5 Å². The first-order valence-electron chi connectivity index (χ1n) is 4.53. The Morgan fingerprint density at radius 1 is 1.35 bits per heavy atom. The number of alkyl halides is 3. The summed E-state index contributed by atoms with van der Waals surface area (Å²) in [5.41, 5.74) is 0.177. The summed E-state index contributed by atoms with van der Waals surface area (Å²) >= 11 is 0. The Labute approximate surface area is 95.3 Å². The first-order chi connectivity index (χ1) is 7.87. The third kappa shape index (κ3) is 3.54. The van der Waals surface area contributed by atoms with Crippen LogP contribution >= 0.6 is 0 Å². The van der Waals surface area contributed by atoms with Gasteiger partial charge in [-0.05, 0) is 18.2 Å². The zero-order chi connectivity index (χ0) is 13.1. The predicted molar refractivity (Wildman–Crippen MR) is 54.0 cm³/mol. The Morgan fingerprint density at radius 2 is 2.00 bits per heavy atom. The Kier molecular flexibility index (Phi) is 3.82. The van der Waals surface area contributed by atoms with Crippen molar-refractivity contribution in [1.82, 2.24) is 0 Å². The van der Waals surface area contributed by atoms with Crippen molar-refractivity contribution in [2.24, 2.45) is 0 Å². The van der Waals surface area contributed by atoms with Gasteiger partial charge in [0.2, 0.25) is 0 Å². The summed E-state index contributed by atoms with van der Waals surface area (Å²) in [7, 11) is 2.65. The van der Waals surface area contributed by atoms with Gasteiger partial charge in [0.1, 0.15) is 11.3 Å². The van der Waals surface area contributed by atoms with Crippen LogP contribution in [0.2, 0.25) is 0 Å². The first-order valence-corrected chi connectivity index (χ1v) is 4.53.